The normalized spacial score (nSPS) is 16.7. The first-order valence-corrected chi connectivity index (χ1v) is 12.6. The molecule has 7 nitrogen and oxygen atoms in total. The lowest BCUT2D eigenvalue weighted by atomic mass is 9.96. The third kappa shape index (κ3) is 5.91. The monoisotopic (exact) mass is 471 g/mol. The minimum atomic E-state index is 0.0504. The number of carbonyl (C=O) groups excluding carboxylic acids is 1. The summed E-state index contributed by atoms with van der Waals surface area (Å²) in [6.07, 6.45) is 6.25. The van der Waals surface area contributed by atoms with Crippen LogP contribution in [0.1, 0.15) is 48.2 Å². The van der Waals surface area contributed by atoms with Crippen LogP contribution in [0.3, 0.4) is 0 Å². The molecule has 0 radical (unpaired) electrons. The maximum absolute atomic E-state index is 13.1. The number of benzene rings is 2. The maximum atomic E-state index is 13.1. The van der Waals surface area contributed by atoms with Crippen molar-refractivity contribution in [2.45, 2.75) is 45.1 Å². The fraction of sp³-hybridized carbons (Fsp3) is 0.393. The van der Waals surface area contributed by atoms with Gasteiger partial charge in [-0.05, 0) is 56.2 Å². The summed E-state index contributed by atoms with van der Waals surface area (Å²) in [5, 5.41) is 3.55. The number of rotatable bonds is 6. The fourth-order valence-corrected chi connectivity index (χ4v) is 4.82. The Morgan fingerprint density at radius 2 is 1.57 bits per heavy atom. The highest BCUT2D eigenvalue weighted by Gasteiger charge is 2.24. The second-order valence-corrected chi connectivity index (χ2v) is 9.39. The summed E-state index contributed by atoms with van der Waals surface area (Å²) in [6.45, 7) is 4.84. The van der Waals surface area contributed by atoms with E-state index in [0.717, 1.165) is 36.3 Å². The molecule has 1 aromatic heterocycles. The van der Waals surface area contributed by atoms with Crippen LogP contribution in [-0.2, 0) is 0 Å². The van der Waals surface area contributed by atoms with Crippen LogP contribution in [-0.4, -0.2) is 53.0 Å². The Bertz CT molecular complexity index is 1120. The number of aryl methyl sites for hydroxylation is 1. The summed E-state index contributed by atoms with van der Waals surface area (Å²) >= 11 is 0. The molecule has 182 valence electrons. The van der Waals surface area contributed by atoms with Gasteiger partial charge < -0.3 is 19.9 Å². The highest BCUT2D eigenvalue weighted by molar-refractivity contribution is 5.94. The van der Waals surface area contributed by atoms with Crippen LogP contribution in [0.15, 0.2) is 60.7 Å². The van der Waals surface area contributed by atoms with E-state index in [4.69, 9.17) is 9.72 Å². The second-order valence-electron chi connectivity index (χ2n) is 9.39. The van der Waals surface area contributed by atoms with E-state index < -0.39 is 0 Å². The molecule has 3 aromatic rings. The predicted molar refractivity (Wildman–Crippen MR) is 138 cm³/mol. The number of nitrogens with zero attached hydrogens (tertiary/aromatic N) is 4. The molecule has 2 aromatic carbocycles. The standard InChI is InChI=1S/C28H33N5O2/c1-21-20-26(31-28(29-21)30-23-8-4-2-5-9-23)32-16-18-33(19-17-32)27(34)22-12-14-25(15-13-22)35-24-10-6-3-7-11-24/h3,6-7,10-15,20,23H,2,4-5,8-9,16-19H2,1H3,(H,29,30,31). The van der Waals surface area contributed by atoms with E-state index in [2.05, 4.69) is 15.2 Å². The molecule has 1 amide bonds. The molecule has 35 heavy (non-hydrogen) atoms. The molecule has 0 atom stereocenters. The van der Waals surface area contributed by atoms with Gasteiger partial charge in [-0.1, -0.05) is 37.5 Å². The number of para-hydroxylation sites is 1. The van der Waals surface area contributed by atoms with E-state index in [-0.39, 0.29) is 5.91 Å². The van der Waals surface area contributed by atoms with Crippen molar-refractivity contribution in [3.05, 3.63) is 71.9 Å². The number of hydrogen-bond donors (Lipinski definition) is 1. The number of carbonyl (C=O) groups is 1. The summed E-state index contributed by atoms with van der Waals surface area (Å²) in [6, 6.07) is 19.5. The van der Waals surface area contributed by atoms with Crippen molar-refractivity contribution in [2.24, 2.45) is 0 Å². The third-order valence-electron chi connectivity index (χ3n) is 6.75. The Balaban J connectivity index is 1.17. The zero-order valence-electron chi connectivity index (χ0n) is 20.3. The van der Waals surface area contributed by atoms with Crippen molar-refractivity contribution >= 4 is 17.7 Å². The zero-order chi connectivity index (χ0) is 24.0. The molecule has 2 aliphatic rings. The molecule has 1 saturated carbocycles. The van der Waals surface area contributed by atoms with Crippen LogP contribution in [0.25, 0.3) is 0 Å². The van der Waals surface area contributed by atoms with Gasteiger partial charge in [-0.2, -0.15) is 4.98 Å². The molecule has 7 heteroatoms. The van der Waals surface area contributed by atoms with E-state index in [9.17, 15) is 4.79 Å². The van der Waals surface area contributed by atoms with Crippen molar-refractivity contribution in [1.82, 2.24) is 14.9 Å². The van der Waals surface area contributed by atoms with Gasteiger partial charge in [-0.15, -0.1) is 0 Å². The first kappa shape index (κ1) is 23.1. The molecule has 0 unspecified atom stereocenters. The second kappa shape index (κ2) is 10.8. The lowest BCUT2D eigenvalue weighted by Gasteiger charge is -2.35. The molecule has 2 fully saturated rings. The van der Waals surface area contributed by atoms with Crippen molar-refractivity contribution in [3.8, 4) is 11.5 Å². The SMILES string of the molecule is Cc1cc(N2CCN(C(=O)c3ccc(Oc4ccccc4)cc3)CC2)nc(NC2CCCCC2)n1. The lowest BCUT2D eigenvalue weighted by molar-refractivity contribution is 0.0746. The van der Waals surface area contributed by atoms with Gasteiger partial charge in [0.25, 0.3) is 5.91 Å². The Hall–Kier alpha value is -3.61. The Morgan fingerprint density at radius 3 is 2.29 bits per heavy atom. The Labute approximate surface area is 207 Å². The van der Waals surface area contributed by atoms with Crippen LogP contribution in [0.2, 0.25) is 0 Å². The quantitative estimate of drug-likeness (QED) is 0.527. The van der Waals surface area contributed by atoms with Crippen molar-refractivity contribution in [3.63, 3.8) is 0 Å². The summed E-state index contributed by atoms with van der Waals surface area (Å²) < 4.78 is 5.84. The third-order valence-corrected chi connectivity index (χ3v) is 6.75. The average molecular weight is 472 g/mol. The maximum Gasteiger partial charge on any atom is 0.253 e. The molecule has 2 heterocycles. The number of nitrogens with one attached hydrogen (secondary N) is 1. The summed E-state index contributed by atoms with van der Waals surface area (Å²) in [5.74, 6) is 3.21. The van der Waals surface area contributed by atoms with Gasteiger partial charge in [0.1, 0.15) is 17.3 Å². The van der Waals surface area contributed by atoms with Gasteiger partial charge in [0.05, 0.1) is 0 Å². The van der Waals surface area contributed by atoms with Crippen LogP contribution in [0.4, 0.5) is 11.8 Å². The van der Waals surface area contributed by atoms with Gasteiger partial charge >= 0.3 is 0 Å². The largest absolute Gasteiger partial charge is 0.457 e. The number of hydrogen-bond acceptors (Lipinski definition) is 6. The molecule has 1 N–H and O–H groups in total. The molecule has 0 spiro atoms. The Kier molecular flexibility index (Phi) is 7.12. The predicted octanol–water partition coefficient (Wildman–Crippen LogP) is 5.28. The van der Waals surface area contributed by atoms with Crippen LogP contribution >= 0.6 is 0 Å². The van der Waals surface area contributed by atoms with E-state index in [0.29, 0.717) is 30.4 Å². The minimum Gasteiger partial charge on any atom is -0.457 e. The molecular formula is C28H33N5O2. The number of ether oxygens (including phenoxy) is 1. The molecule has 0 bridgehead atoms. The molecule has 5 rings (SSSR count). The van der Waals surface area contributed by atoms with Gasteiger partial charge in [0, 0.05) is 49.5 Å². The highest BCUT2D eigenvalue weighted by Crippen LogP contribution is 2.24. The van der Waals surface area contributed by atoms with E-state index in [1.165, 1.54) is 32.1 Å². The van der Waals surface area contributed by atoms with E-state index >= 15 is 0 Å². The van der Waals surface area contributed by atoms with Gasteiger partial charge in [0.2, 0.25) is 5.95 Å². The topological polar surface area (TPSA) is 70.6 Å². The summed E-state index contributed by atoms with van der Waals surface area (Å²) in [4.78, 5) is 26.7. The highest BCUT2D eigenvalue weighted by atomic mass is 16.5. The minimum absolute atomic E-state index is 0.0504. The van der Waals surface area contributed by atoms with Crippen molar-refractivity contribution < 1.29 is 9.53 Å². The molecular weight excluding hydrogens is 438 g/mol. The lowest BCUT2D eigenvalue weighted by Crippen LogP contribution is -2.49. The van der Waals surface area contributed by atoms with E-state index in [1.807, 2.05) is 72.5 Å². The molecule has 1 aliphatic carbocycles. The van der Waals surface area contributed by atoms with Crippen LogP contribution in [0, 0.1) is 6.92 Å². The number of amides is 1. The molecule has 1 aliphatic heterocycles. The van der Waals surface area contributed by atoms with Crippen molar-refractivity contribution in [1.29, 1.82) is 0 Å². The van der Waals surface area contributed by atoms with Crippen LogP contribution < -0.4 is 15.0 Å². The fourth-order valence-electron chi connectivity index (χ4n) is 4.82. The van der Waals surface area contributed by atoms with Gasteiger partial charge in [-0.25, -0.2) is 4.98 Å². The van der Waals surface area contributed by atoms with Crippen molar-refractivity contribution in [2.75, 3.05) is 36.4 Å². The zero-order valence-corrected chi connectivity index (χ0v) is 20.3. The van der Waals surface area contributed by atoms with E-state index in [1.54, 1.807) is 0 Å². The first-order chi connectivity index (χ1) is 17.1. The van der Waals surface area contributed by atoms with Gasteiger partial charge in [0.15, 0.2) is 0 Å². The van der Waals surface area contributed by atoms with Crippen LogP contribution in [0.5, 0.6) is 11.5 Å². The number of aromatic nitrogens is 2. The Morgan fingerprint density at radius 1 is 0.886 bits per heavy atom. The average Bonchev–Trinajstić information content (AvgIpc) is 2.90. The first-order valence-electron chi connectivity index (χ1n) is 12.6. The smallest absolute Gasteiger partial charge is 0.253 e. The summed E-state index contributed by atoms with van der Waals surface area (Å²) in [7, 11) is 0. The number of anilines is 2. The molecule has 1 saturated heterocycles. The number of piperazine rings is 1. The van der Waals surface area contributed by atoms with Gasteiger partial charge in [-0.3, -0.25) is 4.79 Å². The summed E-state index contributed by atoms with van der Waals surface area (Å²) in [5.41, 5.74) is 1.64.